The maximum absolute atomic E-state index is 6.04. The highest BCUT2D eigenvalue weighted by Crippen LogP contribution is 2.50. The van der Waals surface area contributed by atoms with Crippen molar-refractivity contribution < 1.29 is 0 Å². The maximum atomic E-state index is 6.04. The normalized spacial score (nSPS) is 24.0. The predicted octanol–water partition coefficient (Wildman–Crippen LogP) is 2.72. The van der Waals surface area contributed by atoms with Crippen LogP contribution >= 0.6 is 0 Å². The van der Waals surface area contributed by atoms with Gasteiger partial charge in [0.05, 0.1) is 22.8 Å². The first kappa shape index (κ1) is 16.9. The van der Waals surface area contributed by atoms with Crippen LogP contribution in [0.5, 0.6) is 0 Å². The van der Waals surface area contributed by atoms with Crippen molar-refractivity contribution in [3.05, 3.63) is 47.8 Å². The van der Waals surface area contributed by atoms with Gasteiger partial charge in [-0.1, -0.05) is 12.1 Å². The molecule has 2 N–H and O–H groups in total. The first-order valence-electron chi connectivity index (χ1n) is 10.2. The summed E-state index contributed by atoms with van der Waals surface area (Å²) >= 11 is 0. The van der Waals surface area contributed by atoms with Gasteiger partial charge in [0, 0.05) is 51.4 Å². The van der Waals surface area contributed by atoms with Crippen molar-refractivity contribution in [1.82, 2.24) is 9.88 Å². The zero-order valence-electron chi connectivity index (χ0n) is 16.1. The first-order chi connectivity index (χ1) is 13.2. The minimum absolute atomic E-state index is 0.653. The van der Waals surface area contributed by atoms with Gasteiger partial charge < -0.3 is 20.4 Å². The second kappa shape index (κ2) is 6.71. The average Bonchev–Trinajstić information content (AvgIpc) is 3.01. The Bertz CT molecular complexity index is 835. The van der Waals surface area contributed by atoms with Gasteiger partial charge in [0.1, 0.15) is 0 Å². The number of anilines is 3. The molecule has 142 valence electrons. The molecule has 3 aliphatic heterocycles. The molecule has 1 fully saturated rings. The predicted molar refractivity (Wildman–Crippen MR) is 112 cm³/mol. The van der Waals surface area contributed by atoms with Gasteiger partial charge in [-0.3, -0.25) is 4.98 Å². The van der Waals surface area contributed by atoms with Crippen molar-refractivity contribution in [2.45, 2.75) is 31.2 Å². The van der Waals surface area contributed by atoms with Crippen molar-refractivity contribution in [2.24, 2.45) is 0 Å². The van der Waals surface area contributed by atoms with E-state index in [1.807, 2.05) is 18.3 Å². The summed E-state index contributed by atoms with van der Waals surface area (Å²) < 4.78 is 0. The van der Waals surface area contributed by atoms with Crippen LogP contribution in [0.1, 0.15) is 30.0 Å². The second-order valence-electron chi connectivity index (χ2n) is 8.24. The fourth-order valence-corrected chi connectivity index (χ4v) is 5.31. The molecule has 0 radical (unpaired) electrons. The topological polar surface area (TPSA) is 48.6 Å². The number of likely N-dealkylation sites (N-methyl/N-ethyl adjacent to an activating group) is 1. The number of likely N-dealkylation sites (tertiary alicyclic amines) is 1. The molecule has 2 aromatic rings. The van der Waals surface area contributed by atoms with Crippen LogP contribution in [0.2, 0.25) is 0 Å². The van der Waals surface area contributed by atoms with Crippen molar-refractivity contribution in [3.8, 4) is 0 Å². The van der Waals surface area contributed by atoms with Crippen LogP contribution in [-0.4, -0.2) is 55.7 Å². The third-order valence-corrected chi connectivity index (χ3v) is 6.69. The lowest BCUT2D eigenvalue weighted by molar-refractivity contribution is 0.191. The SMILES string of the molecule is CN1CCN2c3c(cccc31)[C@@H]1CN(CCCc3ncccc3N)CC[C@@H]12. The van der Waals surface area contributed by atoms with Gasteiger partial charge in [0.2, 0.25) is 0 Å². The van der Waals surface area contributed by atoms with E-state index in [0.717, 1.165) is 37.3 Å². The van der Waals surface area contributed by atoms with Crippen LogP contribution in [0.25, 0.3) is 0 Å². The summed E-state index contributed by atoms with van der Waals surface area (Å²) in [7, 11) is 2.23. The summed E-state index contributed by atoms with van der Waals surface area (Å²) in [5, 5.41) is 0. The van der Waals surface area contributed by atoms with Gasteiger partial charge in [0.15, 0.2) is 0 Å². The number of aryl methyl sites for hydroxylation is 1. The van der Waals surface area contributed by atoms with E-state index in [1.54, 1.807) is 5.56 Å². The zero-order chi connectivity index (χ0) is 18.4. The zero-order valence-corrected chi connectivity index (χ0v) is 16.1. The number of nitrogens with two attached hydrogens (primary N) is 1. The third kappa shape index (κ3) is 2.85. The fourth-order valence-electron chi connectivity index (χ4n) is 5.31. The maximum Gasteiger partial charge on any atom is 0.0644 e. The van der Waals surface area contributed by atoms with Crippen LogP contribution in [0, 0.1) is 0 Å². The van der Waals surface area contributed by atoms with Gasteiger partial charge in [0.25, 0.3) is 0 Å². The summed E-state index contributed by atoms with van der Waals surface area (Å²) in [5.74, 6) is 0.653. The number of pyridine rings is 1. The number of piperidine rings is 1. The molecule has 1 aromatic carbocycles. The van der Waals surface area contributed by atoms with Crippen molar-refractivity contribution >= 4 is 17.1 Å². The number of nitrogen functional groups attached to an aromatic ring is 1. The van der Waals surface area contributed by atoms with Crippen LogP contribution in [-0.2, 0) is 6.42 Å². The lowest BCUT2D eigenvalue weighted by Crippen LogP contribution is -2.49. The van der Waals surface area contributed by atoms with E-state index in [0.29, 0.717) is 12.0 Å². The molecule has 27 heavy (non-hydrogen) atoms. The summed E-state index contributed by atoms with van der Waals surface area (Å²) in [6, 6.07) is 11.5. The molecule has 0 saturated carbocycles. The number of hydrogen-bond acceptors (Lipinski definition) is 5. The molecular formula is C22H29N5. The minimum atomic E-state index is 0.653. The minimum Gasteiger partial charge on any atom is -0.397 e. The highest BCUT2D eigenvalue weighted by atomic mass is 15.3. The summed E-state index contributed by atoms with van der Waals surface area (Å²) in [6.07, 6.45) is 5.21. The first-order valence-corrected chi connectivity index (χ1v) is 10.2. The molecule has 0 aliphatic carbocycles. The molecule has 5 rings (SSSR count). The standard InChI is InChI=1S/C22H29N5/c1-25-13-14-27-20-9-12-26(11-4-7-19-18(23)6-3-10-24-19)15-17(20)16-5-2-8-21(25)22(16)27/h2-3,5-6,8,10,17,20H,4,7,9,11-15,23H2,1H3/t17-,20-/m0/s1. The van der Waals surface area contributed by atoms with E-state index < -0.39 is 0 Å². The lowest BCUT2D eigenvalue weighted by Gasteiger charge is -2.41. The highest BCUT2D eigenvalue weighted by Gasteiger charge is 2.44. The van der Waals surface area contributed by atoms with Gasteiger partial charge in [-0.25, -0.2) is 0 Å². The van der Waals surface area contributed by atoms with E-state index in [9.17, 15) is 0 Å². The molecule has 0 amide bonds. The molecule has 5 heteroatoms. The Balaban J connectivity index is 1.28. The van der Waals surface area contributed by atoms with Crippen LogP contribution in [0.4, 0.5) is 17.1 Å². The molecule has 0 bridgehead atoms. The number of aromatic nitrogens is 1. The van der Waals surface area contributed by atoms with Crippen molar-refractivity contribution in [3.63, 3.8) is 0 Å². The lowest BCUT2D eigenvalue weighted by atomic mass is 9.89. The molecule has 0 unspecified atom stereocenters. The van der Waals surface area contributed by atoms with E-state index in [1.165, 1.54) is 37.4 Å². The molecule has 0 spiro atoms. The Labute approximate surface area is 161 Å². The Morgan fingerprint density at radius 2 is 2.07 bits per heavy atom. The molecule has 2 atom stereocenters. The number of rotatable bonds is 4. The average molecular weight is 364 g/mol. The number of hydrogen-bond donors (Lipinski definition) is 1. The molecule has 3 aliphatic rings. The summed E-state index contributed by atoms with van der Waals surface area (Å²) in [6.45, 7) is 5.82. The van der Waals surface area contributed by atoms with E-state index >= 15 is 0 Å². The molecule has 1 saturated heterocycles. The van der Waals surface area contributed by atoms with E-state index in [4.69, 9.17) is 5.73 Å². The number of fused-ring (bicyclic) bond motifs is 3. The quantitative estimate of drug-likeness (QED) is 0.905. The van der Waals surface area contributed by atoms with Crippen LogP contribution < -0.4 is 15.5 Å². The second-order valence-corrected chi connectivity index (χ2v) is 8.24. The van der Waals surface area contributed by atoms with E-state index in [-0.39, 0.29) is 0 Å². The largest absolute Gasteiger partial charge is 0.397 e. The Morgan fingerprint density at radius 1 is 1.15 bits per heavy atom. The molecule has 1 aromatic heterocycles. The monoisotopic (exact) mass is 363 g/mol. The van der Waals surface area contributed by atoms with E-state index in [2.05, 4.69) is 44.9 Å². The van der Waals surface area contributed by atoms with Gasteiger partial charge >= 0.3 is 0 Å². The molecule has 5 nitrogen and oxygen atoms in total. The fraction of sp³-hybridized carbons (Fsp3) is 0.500. The van der Waals surface area contributed by atoms with Crippen molar-refractivity contribution in [1.29, 1.82) is 0 Å². The number of benzene rings is 1. The molecular weight excluding hydrogens is 334 g/mol. The van der Waals surface area contributed by atoms with Gasteiger partial charge in [-0.15, -0.1) is 0 Å². The number of nitrogens with zero attached hydrogens (tertiary/aromatic N) is 4. The van der Waals surface area contributed by atoms with Crippen LogP contribution in [0.15, 0.2) is 36.5 Å². The Morgan fingerprint density at radius 3 is 2.96 bits per heavy atom. The highest BCUT2D eigenvalue weighted by molar-refractivity contribution is 5.80. The third-order valence-electron chi connectivity index (χ3n) is 6.69. The summed E-state index contributed by atoms with van der Waals surface area (Å²) in [5.41, 5.74) is 12.4. The molecule has 4 heterocycles. The van der Waals surface area contributed by atoms with Crippen LogP contribution in [0.3, 0.4) is 0 Å². The van der Waals surface area contributed by atoms with Gasteiger partial charge in [-0.2, -0.15) is 0 Å². The smallest absolute Gasteiger partial charge is 0.0644 e. The van der Waals surface area contributed by atoms with Crippen molar-refractivity contribution in [2.75, 3.05) is 55.3 Å². The summed E-state index contributed by atoms with van der Waals surface area (Å²) in [4.78, 5) is 12.2. The Kier molecular flexibility index (Phi) is 4.20. The van der Waals surface area contributed by atoms with Gasteiger partial charge in [-0.05, 0) is 49.6 Å². The number of para-hydroxylation sites is 1. The Hall–Kier alpha value is -2.27.